The quantitative estimate of drug-likeness (QED) is 0.522. The zero-order valence-corrected chi connectivity index (χ0v) is 19.5. The Hall–Kier alpha value is -3.04. The second-order valence-electron chi connectivity index (χ2n) is 7.67. The van der Waals surface area contributed by atoms with Crippen LogP contribution in [0.4, 0.5) is 5.69 Å². The third kappa shape index (κ3) is 2.91. The third-order valence-electron chi connectivity index (χ3n) is 5.79. The van der Waals surface area contributed by atoms with Gasteiger partial charge >= 0.3 is 5.97 Å². The molecule has 0 aliphatic carbocycles. The number of sulfonamides is 1. The summed E-state index contributed by atoms with van der Waals surface area (Å²) in [6.07, 6.45) is -0.953. The Bertz CT molecular complexity index is 1370. The minimum atomic E-state index is -4.00. The number of rotatable bonds is 3. The van der Waals surface area contributed by atoms with Crippen LogP contribution in [-0.2, 0) is 14.8 Å². The molecule has 0 radical (unpaired) electrons. The first-order valence-corrected chi connectivity index (χ1v) is 12.0. The number of esters is 1. The molecule has 164 valence electrons. The number of phenols is 1. The molecule has 3 aromatic rings. The fourth-order valence-corrected chi connectivity index (χ4v) is 6.26. The lowest BCUT2D eigenvalue weighted by atomic mass is 9.89. The van der Waals surface area contributed by atoms with Crippen molar-refractivity contribution in [1.29, 1.82) is 0 Å². The van der Waals surface area contributed by atoms with E-state index in [1.807, 2.05) is 6.92 Å². The molecule has 5 rings (SSSR count). The van der Waals surface area contributed by atoms with Crippen LogP contribution < -0.4 is 9.04 Å². The molecule has 7 nitrogen and oxygen atoms in total. The topological polar surface area (TPSA) is 93.1 Å². The zero-order chi connectivity index (χ0) is 22.8. The molecule has 0 aromatic heterocycles. The molecule has 9 heteroatoms. The predicted molar refractivity (Wildman–Crippen MR) is 121 cm³/mol. The van der Waals surface area contributed by atoms with E-state index in [1.165, 1.54) is 23.5 Å². The number of phenolic OH excluding ortho intramolecular Hbond substituents is 1. The van der Waals surface area contributed by atoms with E-state index in [4.69, 9.17) is 9.47 Å². The standard InChI is InChI=1S/C23H18BrNO6S/c1-12-3-6-14(7-4-12)32(28,29)25-16-11-13(24)5-8-15(16)19-21-18(31-22(19)25)10-9-17(26)20(21)23(27)30-2/h3-11,19,22,26H,1-2H3/t19-,22+/m1/s1. The fourth-order valence-electron chi connectivity index (χ4n) is 4.35. The number of halogens is 1. The third-order valence-corrected chi connectivity index (χ3v) is 8.07. The maximum absolute atomic E-state index is 13.7. The van der Waals surface area contributed by atoms with Crippen molar-refractivity contribution in [1.82, 2.24) is 0 Å². The largest absolute Gasteiger partial charge is 0.507 e. The number of nitrogens with zero attached hydrogens (tertiary/aromatic N) is 1. The van der Waals surface area contributed by atoms with Crippen LogP contribution in [0.1, 0.15) is 33.0 Å². The molecule has 2 aliphatic heterocycles. The van der Waals surface area contributed by atoms with Gasteiger partial charge in [0.2, 0.25) is 0 Å². The summed E-state index contributed by atoms with van der Waals surface area (Å²) in [5.74, 6) is -1.26. The summed E-state index contributed by atoms with van der Waals surface area (Å²) in [7, 11) is -2.77. The average molecular weight is 516 g/mol. The van der Waals surface area contributed by atoms with Crippen molar-refractivity contribution >= 4 is 37.6 Å². The van der Waals surface area contributed by atoms with Crippen molar-refractivity contribution < 1.29 is 27.8 Å². The van der Waals surface area contributed by atoms with E-state index < -0.39 is 28.1 Å². The molecule has 3 aromatic carbocycles. The van der Waals surface area contributed by atoms with Gasteiger partial charge in [0.25, 0.3) is 10.0 Å². The number of hydrogen-bond donors (Lipinski definition) is 1. The van der Waals surface area contributed by atoms with E-state index in [-0.39, 0.29) is 16.2 Å². The van der Waals surface area contributed by atoms with Gasteiger partial charge in [-0.2, -0.15) is 0 Å². The first-order valence-electron chi connectivity index (χ1n) is 9.75. The lowest BCUT2D eigenvalue weighted by Crippen LogP contribution is -2.41. The maximum atomic E-state index is 13.7. The first-order chi connectivity index (χ1) is 15.2. The normalized spacial score (nSPS) is 18.5. The minimum Gasteiger partial charge on any atom is -0.507 e. The number of aryl methyl sites for hydroxylation is 1. The van der Waals surface area contributed by atoms with Crippen molar-refractivity contribution in [3.63, 3.8) is 0 Å². The van der Waals surface area contributed by atoms with E-state index in [9.17, 15) is 18.3 Å². The van der Waals surface area contributed by atoms with Gasteiger partial charge in [-0.05, 0) is 48.9 Å². The summed E-state index contributed by atoms with van der Waals surface area (Å²) in [5.41, 5.74) is 2.44. The van der Waals surface area contributed by atoms with Gasteiger partial charge in [-0.15, -0.1) is 0 Å². The van der Waals surface area contributed by atoms with Crippen LogP contribution in [0.15, 0.2) is 64.0 Å². The highest BCUT2D eigenvalue weighted by molar-refractivity contribution is 9.10. The summed E-state index contributed by atoms with van der Waals surface area (Å²) < 4.78 is 40.4. The molecule has 2 aliphatic rings. The summed E-state index contributed by atoms with van der Waals surface area (Å²) >= 11 is 3.42. The van der Waals surface area contributed by atoms with Crippen LogP contribution in [0.2, 0.25) is 0 Å². The predicted octanol–water partition coefficient (Wildman–Crippen LogP) is 4.31. The van der Waals surface area contributed by atoms with E-state index in [1.54, 1.807) is 42.5 Å². The lowest BCUT2D eigenvalue weighted by Gasteiger charge is -2.26. The number of benzene rings is 3. The highest BCUT2D eigenvalue weighted by Crippen LogP contribution is 2.56. The van der Waals surface area contributed by atoms with Crippen LogP contribution in [0.25, 0.3) is 0 Å². The summed E-state index contributed by atoms with van der Waals surface area (Å²) in [5, 5.41) is 10.4. The highest BCUT2D eigenvalue weighted by atomic mass is 79.9. The van der Waals surface area contributed by atoms with Gasteiger partial charge in [0.15, 0.2) is 6.23 Å². The smallest absolute Gasteiger partial charge is 0.342 e. The first kappa shape index (κ1) is 20.8. The molecule has 0 amide bonds. The molecular weight excluding hydrogens is 498 g/mol. The number of hydrogen-bond acceptors (Lipinski definition) is 6. The molecule has 0 unspecified atom stereocenters. The molecule has 2 heterocycles. The van der Waals surface area contributed by atoms with Gasteiger partial charge in [-0.1, -0.05) is 39.7 Å². The summed E-state index contributed by atoms with van der Waals surface area (Å²) in [6, 6.07) is 14.8. The monoisotopic (exact) mass is 515 g/mol. The van der Waals surface area contributed by atoms with Gasteiger partial charge in [-0.3, -0.25) is 0 Å². The number of anilines is 1. The molecule has 2 atom stereocenters. The number of aromatic hydroxyl groups is 1. The van der Waals surface area contributed by atoms with Crippen molar-refractivity contribution in [2.24, 2.45) is 0 Å². The van der Waals surface area contributed by atoms with Crippen molar-refractivity contribution in [2.45, 2.75) is 24.0 Å². The highest BCUT2D eigenvalue weighted by Gasteiger charge is 2.53. The number of methoxy groups -OCH3 is 1. The lowest BCUT2D eigenvalue weighted by molar-refractivity contribution is 0.0596. The van der Waals surface area contributed by atoms with E-state index in [2.05, 4.69) is 15.9 Å². The van der Waals surface area contributed by atoms with Gasteiger partial charge < -0.3 is 14.6 Å². The number of carbonyl (C=O) groups is 1. The number of fused-ring (bicyclic) bond motifs is 5. The van der Waals surface area contributed by atoms with Crippen molar-refractivity contribution in [3.05, 3.63) is 81.3 Å². The summed E-state index contributed by atoms with van der Waals surface area (Å²) in [6.45, 7) is 1.88. The second-order valence-corrected chi connectivity index (χ2v) is 10.4. The van der Waals surface area contributed by atoms with E-state index >= 15 is 0 Å². The minimum absolute atomic E-state index is 0.0269. The summed E-state index contributed by atoms with van der Waals surface area (Å²) in [4.78, 5) is 12.6. The van der Waals surface area contributed by atoms with Crippen molar-refractivity contribution in [2.75, 3.05) is 11.4 Å². The average Bonchev–Trinajstić information content (AvgIpc) is 3.27. The molecule has 0 saturated heterocycles. The molecule has 1 N–H and O–H groups in total. The van der Waals surface area contributed by atoms with Crippen LogP contribution in [0.3, 0.4) is 0 Å². The Labute approximate surface area is 193 Å². The maximum Gasteiger partial charge on any atom is 0.342 e. The molecule has 0 fully saturated rings. The Kier molecular flexibility index (Phi) is 4.72. The Morgan fingerprint density at radius 2 is 1.84 bits per heavy atom. The molecule has 0 saturated carbocycles. The Balaban J connectivity index is 1.74. The van der Waals surface area contributed by atoms with Crippen LogP contribution in [-0.4, -0.2) is 32.8 Å². The number of carbonyl (C=O) groups excluding carboxylic acids is 1. The van der Waals surface area contributed by atoms with Gasteiger partial charge in [0.05, 0.1) is 23.6 Å². The van der Waals surface area contributed by atoms with Gasteiger partial charge in [0.1, 0.15) is 17.1 Å². The molecule has 0 spiro atoms. The Morgan fingerprint density at radius 3 is 2.53 bits per heavy atom. The van der Waals surface area contributed by atoms with E-state index in [0.717, 1.165) is 5.56 Å². The second kappa shape index (κ2) is 7.25. The molecule has 32 heavy (non-hydrogen) atoms. The van der Waals surface area contributed by atoms with Gasteiger partial charge in [-0.25, -0.2) is 17.5 Å². The SMILES string of the molecule is COC(=O)c1c(O)ccc2c1[C@H]1c3ccc(Br)cc3N(S(=O)(=O)c3ccc(C)cc3)[C@H]1O2. The van der Waals surface area contributed by atoms with Crippen molar-refractivity contribution in [3.8, 4) is 11.5 Å². The van der Waals surface area contributed by atoms with Crippen LogP contribution in [0, 0.1) is 6.92 Å². The number of ether oxygens (including phenoxy) is 2. The zero-order valence-electron chi connectivity index (χ0n) is 17.1. The Morgan fingerprint density at radius 1 is 1.12 bits per heavy atom. The van der Waals surface area contributed by atoms with Crippen LogP contribution in [0.5, 0.6) is 11.5 Å². The van der Waals surface area contributed by atoms with Crippen LogP contribution >= 0.6 is 15.9 Å². The molecule has 0 bridgehead atoms. The van der Waals surface area contributed by atoms with Gasteiger partial charge in [0, 0.05) is 10.0 Å². The fraction of sp³-hybridized carbons (Fsp3) is 0.174. The molecular formula is C23H18BrNO6S. The van der Waals surface area contributed by atoms with E-state index in [0.29, 0.717) is 27.0 Å².